The molecule has 1 saturated heterocycles. The Morgan fingerprint density at radius 3 is 2.71 bits per heavy atom. The molecule has 0 aromatic rings. The third kappa shape index (κ3) is 4.64. The number of piperidine rings is 1. The molecule has 0 saturated carbocycles. The van der Waals surface area contributed by atoms with Gasteiger partial charge in [0.05, 0.1) is 6.04 Å². The normalized spacial score (nSPS) is 27.9. The van der Waals surface area contributed by atoms with Crippen molar-refractivity contribution in [1.82, 2.24) is 10.2 Å². The third-order valence-electron chi connectivity index (χ3n) is 3.95. The quantitative estimate of drug-likeness (QED) is 0.724. The number of hydrogen-bond donors (Lipinski definition) is 2. The number of likely N-dealkylation sites (tertiary alicyclic amines) is 1. The van der Waals surface area contributed by atoms with Crippen molar-refractivity contribution >= 4 is 5.91 Å². The highest BCUT2D eigenvalue weighted by Gasteiger charge is 2.23. The van der Waals surface area contributed by atoms with Crippen LogP contribution in [0.5, 0.6) is 0 Å². The van der Waals surface area contributed by atoms with Crippen LogP contribution in [0.25, 0.3) is 0 Å². The van der Waals surface area contributed by atoms with Crippen LogP contribution in [-0.4, -0.2) is 43.0 Å². The molecule has 1 aliphatic heterocycles. The fourth-order valence-electron chi connectivity index (χ4n) is 2.46. The van der Waals surface area contributed by atoms with Crippen LogP contribution >= 0.6 is 0 Å². The lowest BCUT2D eigenvalue weighted by Gasteiger charge is -2.35. The number of rotatable bonds is 6. The zero-order valence-electron chi connectivity index (χ0n) is 11.4. The maximum absolute atomic E-state index is 11.2. The third-order valence-corrected chi connectivity index (χ3v) is 3.95. The van der Waals surface area contributed by atoms with Gasteiger partial charge in [-0.2, -0.15) is 0 Å². The fraction of sp³-hybridized carbons (Fsp3) is 0.923. The standard InChI is InChI=1S/C13H27N3O/c1-4-15-12(13(14)17)6-8-16-7-5-10(2)11(3)9-16/h10-12,15H,4-9H2,1-3H3,(H2,14,17). The van der Waals surface area contributed by atoms with Crippen LogP contribution in [0, 0.1) is 11.8 Å². The first-order valence-electron chi connectivity index (χ1n) is 6.79. The molecule has 1 rings (SSSR count). The van der Waals surface area contributed by atoms with Crippen molar-refractivity contribution in [2.24, 2.45) is 17.6 Å². The van der Waals surface area contributed by atoms with Crippen molar-refractivity contribution in [2.75, 3.05) is 26.2 Å². The molecular formula is C13H27N3O. The molecular weight excluding hydrogens is 214 g/mol. The summed E-state index contributed by atoms with van der Waals surface area (Å²) in [6.07, 6.45) is 2.09. The van der Waals surface area contributed by atoms with Gasteiger partial charge in [-0.05, 0) is 37.8 Å². The van der Waals surface area contributed by atoms with E-state index in [1.54, 1.807) is 0 Å². The van der Waals surface area contributed by atoms with Crippen LogP contribution in [0.4, 0.5) is 0 Å². The highest BCUT2D eigenvalue weighted by Crippen LogP contribution is 2.22. The summed E-state index contributed by atoms with van der Waals surface area (Å²) in [5.41, 5.74) is 5.37. The van der Waals surface area contributed by atoms with E-state index in [9.17, 15) is 4.79 Å². The van der Waals surface area contributed by atoms with Crippen molar-refractivity contribution in [3.8, 4) is 0 Å². The van der Waals surface area contributed by atoms with E-state index >= 15 is 0 Å². The highest BCUT2D eigenvalue weighted by molar-refractivity contribution is 5.79. The maximum atomic E-state index is 11.2. The van der Waals surface area contributed by atoms with E-state index in [0.717, 1.165) is 44.4 Å². The summed E-state index contributed by atoms with van der Waals surface area (Å²) in [4.78, 5) is 13.7. The van der Waals surface area contributed by atoms with Gasteiger partial charge in [-0.3, -0.25) is 4.79 Å². The van der Waals surface area contributed by atoms with Crippen molar-refractivity contribution < 1.29 is 4.79 Å². The topological polar surface area (TPSA) is 58.4 Å². The summed E-state index contributed by atoms with van der Waals surface area (Å²) in [6, 6.07) is -0.172. The zero-order chi connectivity index (χ0) is 12.8. The van der Waals surface area contributed by atoms with Gasteiger partial charge in [0.15, 0.2) is 0 Å². The van der Waals surface area contributed by atoms with Gasteiger partial charge in [0, 0.05) is 13.1 Å². The van der Waals surface area contributed by atoms with Crippen LogP contribution in [0.1, 0.15) is 33.6 Å². The number of nitrogens with zero attached hydrogens (tertiary/aromatic N) is 1. The van der Waals surface area contributed by atoms with E-state index < -0.39 is 0 Å². The van der Waals surface area contributed by atoms with E-state index in [1.807, 2.05) is 6.92 Å². The van der Waals surface area contributed by atoms with Crippen LogP contribution in [0.15, 0.2) is 0 Å². The highest BCUT2D eigenvalue weighted by atomic mass is 16.1. The van der Waals surface area contributed by atoms with Gasteiger partial charge >= 0.3 is 0 Å². The monoisotopic (exact) mass is 241 g/mol. The van der Waals surface area contributed by atoms with Gasteiger partial charge in [0.25, 0.3) is 0 Å². The lowest BCUT2D eigenvalue weighted by Crippen LogP contribution is -2.45. The summed E-state index contributed by atoms with van der Waals surface area (Å²) in [6.45, 7) is 10.7. The molecule has 3 N–H and O–H groups in total. The first-order chi connectivity index (χ1) is 8.04. The second-order valence-corrected chi connectivity index (χ2v) is 5.35. The van der Waals surface area contributed by atoms with E-state index in [-0.39, 0.29) is 11.9 Å². The molecule has 0 bridgehead atoms. The van der Waals surface area contributed by atoms with Gasteiger partial charge in [0.1, 0.15) is 0 Å². The molecule has 1 heterocycles. The van der Waals surface area contributed by atoms with Crippen molar-refractivity contribution in [3.63, 3.8) is 0 Å². The molecule has 100 valence electrons. The Labute approximate surface area is 105 Å². The van der Waals surface area contributed by atoms with Gasteiger partial charge in [0.2, 0.25) is 5.91 Å². The van der Waals surface area contributed by atoms with Gasteiger partial charge in [-0.25, -0.2) is 0 Å². The van der Waals surface area contributed by atoms with Crippen LogP contribution < -0.4 is 11.1 Å². The number of likely N-dealkylation sites (N-methyl/N-ethyl adjacent to an activating group) is 1. The average Bonchev–Trinajstić information content (AvgIpc) is 2.28. The molecule has 0 spiro atoms. The van der Waals surface area contributed by atoms with Gasteiger partial charge < -0.3 is 16.0 Å². The summed E-state index contributed by atoms with van der Waals surface area (Å²) in [7, 11) is 0. The fourth-order valence-corrected chi connectivity index (χ4v) is 2.46. The molecule has 17 heavy (non-hydrogen) atoms. The lowest BCUT2D eigenvalue weighted by molar-refractivity contribution is -0.120. The zero-order valence-corrected chi connectivity index (χ0v) is 11.4. The number of primary amides is 1. The maximum Gasteiger partial charge on any atom is 0.234 e. The first kappa shape index (κ1) is 14.5. The average molecular weight is 241 g/mol. The number of nitrogens with two attached hydrogens (primary N) is 1. The van der Waals surface area contributed by atoms with Crippen LogP contribution in [0.2, 0.25) is 0 Å². The smallest absolute Gasteiger partial charge is 0.234 e. The Balaban J connectivity index is 2.31. The number of carbonyl (C=O) groups excluding carboxylic acids is 1. The second kappa shape index (κ2) is 6.97. The molecule has 4 nitrogen and oxygen atoms in total. The Hall–Kier alpha value is -0.610. The minimum absolute atomic E-state index is 0.172. The van der Waals surface area contributed by atoms with E-state index in [2.05, 4.69) is 24.1 Å². The Morgan fingerprint density at radius 2 is 2.18 bits per heavy atom. The summed E-state index contributed by atoms with van der Waals surface area (Å²) >= 11 is 0. The van der Waals surface area contributed by atoms with Crippen molar-refractivity contribution in [1.29, 1.82) is 0 Å². The largest absolute Gasteiger partial charge is 0.368 e. The van der Waals surface area contributed by atoms with E-state index in [4.69, 9.17) is 5.73 Å². The molecule has 0 aliphatic carbocycles. The van der Waals surface area contributed by atoms with Gasteiger partial charge in [-0.15, -0.1) is 0 Å². The summed E-state index contributed by atoms with van der Waals surface area (Å²) < 4.78 is 0. The molecule has 1 aliphatic rings. The molecule has 1 amide bonds. The Bertz CT molecular complexity index is 245. The van der Waals surface area contributed by atoms with Crippen molar-refractivity contribution in [3.05, 3.63) is 0 Å². The summed E-state index contributed by atoms with van der Waals surface area (Å²) in [5.74, 6) is 1.35. The van der Waals surface area contributed by atoms with Crippen LogP contribution in [0.3, 0.4) is 0 Å². The number of carbonyl (C=O) groups is 1. The predicted molar refractivity (Wildman–Crippen MR) is 70.7 cm³/mol. The molecule has 1 fully saturated rings. The molecule has 3 atom stereocenters. The number of hydrogen-bond acceptors (Lipinski definition) is 3. The van der Waals surface area contributed by atoms with Crippen molar-refractivity contribution in [2.45, 2.75) is 39.7 Å². The SMILES string of the molecule is CCNC(CCN1CCC(C)C(C)C1)C(N)=O. The predicted octanol–water partition coefficient (Wildman–Crippen LogP) is 0.818. The van der Waals surface area contributed by atoms with E-state index in [1.165, 1.54) is 6.42 Å². The molecule has 3 unspecified atom stereocenters. The lowest BCUT2D eigenvalue weighted by atomic mass is 9.88. The molecule has 0 radical (unpaired) electrons. The van der Waals surface area contributed by atoms with E-state index in [0.29, 0.717) is 0 Å². The van der Waals surface area contributed by atoms with Gasteiger partial charge in [-0.1, -0.05) is 20.8 Å². The number of amides is 1. The number of nitrogens with one attached hydrogen (secondary N) is 1. The minimum atomic E-state index is -0.231. The molecule has 4 heteroatoms. The summed E-state index contributed by atoms with van der Waals surface area (Å²) in [5, 5.41) is 3.14. The molecule has 0 aromatic carbocycles. The Kier molecular flexibility index (Phi) is 5.92. The second-order valence-electron chi connectivity index (χ2n) is 5.35. The molecule has 0 aromatic heterocycles. The Morgan fingerprint density at radius 1 is 1.47 bits per heavy atom. The minimum Gasteiger partial charge on any atom is -0.368 e. The first-order valence-corrected chi connectivity index (χ1v) is 6.79. The van der Waals surface area contributed by atoms with Crippen LogP contribution in [-0.2, 0) is 4.79 Å².